The van der Waals surface area contributed by atoms with Gasteiger partial charge in [0.25, 0.3) is 0 Å². The Morgan fingerprint density at radius 3 is 2.79 bits per heavy atom. The fourth-order valence-electron chi connectivity index (χ4n) is 2.40. The third-order valence-corrected chi connectivity index (χ3v) is 3.64. The van der Waals surface area contributed by atoms with Crippen LogP contribution < -0.4 is 4.90 Å². The first kappa shape index (κ1) is 13.3. The van der Waals surface area contributed by atoms with Gasteiger partial charge in [-0.2, -0.15) is 0 Å². The lowest BCUT2D eigenvalue weighted by atomic mass is 10.0. The van der Waals surface area contributed by atoms with Crippen molar-refractivity contribution < 1.29 is 14.7 Å². The Morgan fingerprint density at radius 2 is 2.26 bits per heavy atom. The summed E-state index contributed by atoms with van der Waals surface area (Å²) in [6, 6.07) is 3.07. The average Bonchev–Trinajstić information content (AvgIpc) is 2.80. The summed E-state index contributed by atoms with van der Waals surface area (Å²) in [6.07, 6.45) is 3.75. The van der Waals surface area contributed by atoms with Gasteiger partial charge in [-0.1, -0.05) is 0 Å². The Balaban J connectivity index is 2.11. The van der Waals surface area contributed by atoms with Crippen molar-refractivity contribution in [3.8, 4) is 0 Å². The van der Waals surface area contributed by atoms with E-state index in [4.69, 9.17) is 5.11 Å². The van der Waals surface area contributed by atoms with Crippen molar-refractivity contribution in [2.24, 2.45) is 5.92 Å². The summed E-state index contributed by atoms with van der Waals surface area (Å²) < 4.78 is 0. The lowest BCUT2D eigenvalue weighted by Gasteiger charge is -2.28. The van der Waals surface area contributed by atoms with Crippen molar-refractivity contribution in [2.75, 3.05) is 18.5 Å². The molecule has 6 nitrogen and oxygen atoms in total. The molecule has 1 aromatic rings. The van der Waals surface area contributed by atoms with E-state index in [1.165, 1.54) is 4.90 Å². The van der Waals surface area contributed by atoms with Gasteiger partial charge in [-0.15, -0.1) is 0 Å². The number of anilines is 1. The molecule has 2 heterocycles. The number of nitrogens with zero attached hydrogens (tertiary/aromatic N) is 3. The van der Waals surface area contributed by atoms with Crippen LogP contribution in [0.5, 0.6) is 0 Å². The second-order valence-electron chi connectivity index (χ2n) is 4.72. The molecular formula is C13H17N3O3. The topological polar surface area (TPSA) is 73.7 Å². The van der Waals surface area contributed by atoms with Gasteiger partial charge in [0, 0.05) is 25.8 Å². The average molecular weight is 263 g/mol. The van der Waals surface area contributed by atoms with Gasteiger partial charge in [0.2, 0.25) is 0 Å². The third-order valence-electron chi connectivity index (χ3n) is 3.64. The lowest BCUT2D eigenvalue weighted by molar-refractivity contribution is -0.142. The zero-order valence-corrected chi connectivity index (χ0v) is 11.0. The first-order valence-corrected chi connectivity index (χ1v) is 6.19. The summed E-state index contributed by atoms with van der Waals surface area (Å²) in [6.45, 7) is 2.25. The molecule has 2 rings (SSSR count). The minimum absolute atomic E-state index is 0.191. The molecule has 1 N–H and O–H groups in total. The zero-order chi connectivity index (χ0) is 14.0. The van der Waals surface area contributed by atoms with Gasteiger partial charge in [-0.05, 0) is 25.5 Å². The molecule has 0 spiro atoms. The number of hydrogen-bond acceptors (Lipinski definition) is 3. The van der Waals surface area contributed by atoms with Crippen molar-refractivity contribution in [3.05, 3.63) is 24.5 Å². The maximum atomic E-state index is 12.4. The number of carbonyl (C=O) groups excluding carboxylic acids is 1. The molecule has 102 valence electrons. The molecule has 0 radical (unpaired) electrons. The molecule has 2 amide bonds. The summed E-state index contributed by atoms with van der Waals surface area (Å²) in [5.74, 6) is -1.32. The van der Waals surface area contributed by atoms with Crippen molar-refractivity contribution in [1.82, 2.24) is 9.88 Å². The molecular weight excluding hydrogens is 246 g/mol. The van der Waals surface area contributed by atoms with Crippen LogP contribution in [0.15, 0.2) is 24.5 Å². The maximum Gasteiger partial charge on any atom is 0.324 e. The zero-order valence-electron chi connectivity index (χ0n) is 11.0. The highest BCUT2D eigenvalue weighted by atomic mass is 16.4. The van der Waals surface area contributed by atoms with E-state index < -0.39 is 11.9 Å². The van der Waals surface area contributed by atoms with Crippen LogP contribution in [0, 0.1) is 5.92 Å². The van der Waals surface area contributed by atoms with E-state index in [-0.39, 0.29) is 12.1 Å². The highest BCUT2D eigenvalue weighted by molar-refractivity contribution is 5.92. The highest BCUT2D eigenvalue weighted by Crippen LogP contribution is 2.26. The monoisotopic (exact) mass is 263 g/mol. The van der Waals surface area contributed by atoms with Crippen LogP contribution in [0.2, 0.25) is 0 Å². The summed E-state index contributed by atoms with van der Waals surface area (Å²) in [7, 11) is 1.67. The Morgan fingerprint density at radius 1 is 1.53 bits per heavy atom. The van der Waals surface area contributed by atoms with Crippen LogP contribution in [0.3, 0.4) is 0 Å². The normalized spacial score (nSPS) is 22.3. The number of rotatable bonds is 2. The largest absolute Gasteiger partial charge is 0.481 e. The van der Waals surface area contributed by atoms with Gasteiger partial charge in [-0.25, -0.2) is 4.79 Å². The molecule has 0 aliphatic carbocycles. The van der Waals surface area contributed by atoms with E-state index in [1.54, 1.807) is 43.4 Å². The molecule has 1 aliphatic rings. The Bertz CT molecular complexity index is 477. The molecule has 19 heavy (non-hydrogen) atoms. The molecule has 1 saturated heterocycles. The van der Waals surface area contributed by atoms with E-state index in [2.05, 4.69) is 4.98 Å². The van der Waals surface area contributed by atoms with E-state index in [0.717, 1.165) is 0 Å². The third kappa shape index (κ3) is 2.52. The van der Waals surface area contributed by atoms with Crippen molar-refractivity contribution >= 4 is 17.7 Å². The minimum Gasteiger partial charge on any atom is -0.481 e. The van der Waals surface area contributed by atoms with Gasteiger partial charge in [0.05, 0.1) is 17.8 Å². The van der Waals surface area contributed by atoms with E-state index in [9.17, 15) is 9.59 Å². The SMILES string of the molecule is CC1C(C(=O)O)CCN1C(=O)N(C)c1cccnc1. The highest BCUT2D eigenvalue weighted by Gasteiger charge is 2.39. The second-order valence-corrected chi connectivity index (χ2v) is 4.72. The number of aliphatic carboxylic acids is 1. The van der Waals surface area contributed by atoms with Crippen molar-refractivity contribution in [1.29, 1.82) is 0 Å². The number of carbonyl (C=O) groups is 2. The van der Waals surface area contributed by atoms with Gasteiger partial charge < -0.3 is 10.0 Å². The Labute approximate surface area is 111 Å². The fourth-order valence-corrected chi connectivity index (χ4v) is 2.40. The molecule has 0 saturated carbocycles. The first-order chi connectivity index (χ1) is 9.02. The molecule has 1 aromatic heterocycles. The van der Waals surface area contributed by atoms with Gasteiger partial charge >= 0.3 is 12.0 Å². The predicted molar refractivity (Wildman–Crippen MR) is 69.9 cm³/mol. The summed E-state index contributed by atoms with van der Waals surface area (Å²) in [5.41, 5.74) is 0.693. The summed E-state index contributed by atoms with van der Waals surface area (Å²) in [4.78, 5) is 30.5. The van der Waals surface area contributed by atoms with E-state index in [0.29, 0.717) is 18.7 Å². The van der Waals surface area contributed by atoms with Crippen LogP contribution in [-0.4, -0.2) is 46.6 Å². The number of likely N-dealkylation sites (tertiary alicyclic amines) is 1. The number of hydrogen-bond donors (Lipinski definition) is 1. The molecule has 0 aromatic carbocycles. The molecule has 1 fully saturated rings. The number of pyridine rings is 1. The van der Waals surface area contributed by atoms with Gasteiger partial charge in [0.15, 0.2) is 0 Å². The fraction of sp³-hybridized carbons (Fsp3) is 0.462. The quantitative estimate of drug-likeness (QED) is 0.876. The number of aromatic nitrogens is 1. The predicted octanol–water partition coefficient (Wildman–Crippen LogP) is 1.43. The standard InChI is InChI=1S/C13H17N3O3/c1-9-11(12(17)18)5-7-16(9)13(19)15(2)10-4-3-6-14-8-10/h3-4,6,8-9,11H,5,7H2,1-2H3,(H,17,18). The van der Waals surface area contributed by atoms with E-state index >= 15 is 0 Å². The molecule has 0 bridgehead atoms. The minimum atomic E-state index is -0.841. The lowest BCUT2D eigenvalue weighted by Crippen LogP contribution is -2.44. The number of amides is 2. The first-order valence-electron chi connectivity index (χ1n) is 6.19. The second kappa shape index (κ2) is 5.26. The van der Waals surface area contributed by atoms with Crippen LogP contribution in [0.4, 0.5) is 10.5 Å². The number of urea groups is 1. The van der Waals surface area contributed by atoms with Crippen LogP contribution in [0.1, 0.15) is 13.3 Å². The summed E-state index contributed by atoms with van der Waals surface area (Å²) >= 11 is 0. The van der Waals surface area contributed by atoms with Crippen molar-refractivity contribution in [3.63, 3.8) is 0 Å². The molecule has 2 unspecified atom stereocenters. The molecule has 2 atom stereocenters. The van der Waals surface area contributed by atoms with Crippen molar-refractivity contribution in [2.45, 2.75) is 19.4 Å². The van der Waals surface area contributed by atoms with Crippen LogP contribution in [-0.2, 0) is 4.79 Å². The number of carboxylic acids is 1. The Hall–Kier alpha value is -2.11. The van der Waals surface area contributed by atoms with Gasteiger partial charge in [0.1, 0.15) is 0 Å². The maximum absolute atomic E-state index is 12.4. The summed E-state index contributed by atoms with van der Waals surface area (Å²) in [5, 5.41) is 9.08. The number of carboxylic acid groups (broad SMARTS) is 1. The molecule has 6 heteroatoms. The molecule has 1 aliphatic heterocycles. The van der Waals surface area contributed by atoms with Crippen LogP contribution >= 0.6 is 0 Å². The smallest absolute Gasteiger partial charge is 0.324 e. The van der Waals surface area contributed by atoms with Gasteiger partial charge in [-0.3, -0.25) is 14.7 Å². The Kier molecular flexibility index (Phi) is 3.69. The van der Waals surface area contributed by atoms with E-state index in [1.807, 2.05) is 0 Å². The van der Waals surface area contributed by atoms with Crippen LogP contribution in [0.25, 0.3) is 0 Å².